The molecule has 1 fully saturated rings. The Balaban J connectivity index is 1.52. The molecule has 2 aromatic rings. The first-order valence-corrected chi connectivity index (χ1v) is 9.20. The molecular formula is C19H19Cl2N3O2. The van der Waals surface area contributed by atoms with Crippen molar-refractivity contribution in [2.45, 2.75) is 12.8 Å². The minimum absolute atomic E-state index is 0.103. The summed E-state index contributed by atoms with van der Waals surface area (Å²) < 4.78 is 0. The standard InChI is InChI=1S/C19H19Cl2N3O2/c20-16-10-15(11-17(21)12-16)19(26)24-8-6-23(7-9-24)18(25)4-3-14-2-1-5-22-13-14/h1-2,5,10-13H,3-4,6-9H2. The number of hydrogen-bond donors (Lipinski definition) is 0. The third-order valence-electron chi connectivity index (χ3n) is 4.38. The van der Waals surface area contributed by atoms with Crippen molar-refractivity contribution in [3.05, 3.63) is 63.9 Å². The van der Waals surface area contributed by atoms with Crippen LogP contribution in [0.25, 0.3) is 0 Å². The molecule has 0 aliphatic carbocycles. The highest BCUT2D eigenvalue weighted by molar-refractivity contribution is 6.35. The third kappa shape index (κ3) is 4.74. The molecule has 1 aromatic heterocycles. The average Bonchev–Trinajstić information content (AvgIpc) is 2.65. The number of aromatic nitrogens is 1. The number of amides is 2. The zero-order valence-electron chi connectivity index (χ0n) is 14.2. The summed E-state index contributed by atoms with van der Waals surface area (Å²) >= 11 is 11.9. The van der Waals surface area contributed by atoms with E-state index < -0.39 is 0 Å². The molecule has 0 saturated carbocycles. The van der Waals surface area contributed by atoms with Crippen LogP contribution in [0.4, 0.5) is 0 Å². The Morgan fingerprint density at radius 3 is 2.27 bits per heavy atom. The van der Waals surface area contributed by atoms with Crippen molar-refractivity contribution in [1.29, 1.82) is 0 Å². The number of halogens is 2. The van der Waals surface area contributed by atoms with Gasteiger partial charge in [0.15, 0.2) is 0 Å². The summed E-state index contributed by atoms with van der Waals surface area (Å²) in [4.78, 5) is 32.6. The molecular weight excluding hydrogens is 373 g/mol. The summed E-state index contributed by atoms with van der Waals surface area (Å²) in [6, 6.07) is 8.65. The molecule has 26 heavy (non-hydrogen) atoms. The molecule has 1 aromatic carbocycles. The number of carbonyl (C=O) groups excluding carboxylic acids is 2. The van der Waals surface area contributed by atoms with Crippen LogP contribution in [0.1, 0.15) is 22.3 Å². The second-order valence-electron chi connectivity index (χ2n) is 6.19. The van der Waals surface area contributed by atoms with Gasteiger partial charge in [0.25, 0.3) is 5.91 Å². The third-order valence-corrected chi connectivity index (χ3v) is 4.82. The fourth-order valence-corrected chi connectivity index (χ4v) is 3.50. The fourth-order valence-electron chi connectivity index (χ4n) is 2.97. The van der Waals surface area contributed by atoms with E-state index in [0.29, 0.717) is 54.6 Å². The lowest BCUT2D eigenvalue weighted by Crippen LogP contribution is -2.50. The smallest absolute Gasteiger partial charge is 0.254 e. The lowest BCUT2D eigenvalue weighted by atomic mass is 10.1. The molecule has 2 heterocycles. The maximum atomic E-state index is 12.6. The predicted octanol–water partition coefficient (Wildman–Crippen LogP) is 3.31. The van der Waals surface area contributed by atoms with Gasteiger partial charge in [-0.2, -0.15) is 0 Å². The molecule has 2 amide bonds. The summed E-state index contributed by atoms with van der Waals surface area (Å²) in [6.45, 7) is 2.07. The second kappa shape index (κ2) is 8.52. The predicted molar refractivity (Wildman–Crippen MR) is 102 cm³/mol. The van der Waals surface area contributed by atoms with Crippen molar-refractivity contribution < 1.29 is 9.59 Å². The van der Waals surface area contributed by atoms with Crippen LogP contribution in [-0.2, 0) is 11.2 Å². The first-order valence-electron chi connectivity index (χ1n) is 8.45. The minimum atomic E-state index is -0.114. The summed E-state index contributed by atoms with van der Waals surface area (Å²) in [5.74, 6) is -0.0105. The normalized spacial score (nSPS) is 14.4. The topological polar surface area (TPSA) is 53.5 Å². The highest BCUT2D eigenvalue weighted by Gasteiger charge is 2.25. The van der Waals surface area contributed by atoms with Crippen LogP contribution in [0.15, 0.2) is 42.7 Å². The summed E-state index contributed by atoms with van der Waals surface area (Å²) in [5, 5.41) is 0.870. The first-order chi connectivity index (χ1) is 12.5. The fraction of sp³-hybridized carbons (Fsp3) is 0.316. The van der Waals surface area contributed by atoms with Gasteiger partial charge in [-0.25, -0.2) is 0 Å². The van der Waals surface area contributed by atoms with Gasteiger partial charge in [0.2, 0.25) is 5.91 Å². The van der Waals surface area contributed by atoms with Crippen molar-refractivity contribution in [3.8, 4) is 0 Å². The Hall–Kier alpha value is -2.11. The monoisotopic (exact) mass is 391 g/mol. The largest absolute Gasteiger partial charge is 0.339 e. The highest BCUT2D eigenvalue weighted by Crippen LogP contribution is 2.21. The highest BCUT2D eigenvalue weighted by atomic mass is 35.5. The van der Waals surface area contributed by atoms with E-state index in [0.717, 1.165) is 5.56 Å². The Labute approximate surface area is 162 Å². The van der Waals surface area contributed by atoms with E-state index in [1.165, 1.54) is 0 Å². The van der Waals surface area contributed by atoms with Crippen molar-refractivity contribution in [2.24, 2.45) is 0 Å². The SMILES string of the molecule is O=C(CCc1cccnc1)N1CCN(C(=O)c2cc(Cl)cc(Cl)c2)CC1. The average molecular weight is 392 g/mol. The molecule has 0 radical (unpaired) electrons. The van der Waals surface area contributed by atoms with E-state index in [1.807, 2.05) is 17.0 Å². The maximum absolute atomic E-state index is 12.6. The van der Waals surface area contributed by atoms with Gasteiger partial charge in [-0.05, 0) is 36.2 Å². The quantitative estimate of drug-likeness (QED) is 0.803. The summed E-state index contributed by atoms with van der Waals surface area (Å²) in [7, 11) is 0. The number of pyridine rings is 1. The Morgan fingerprint density at radius 1 is 1.00 bits per heavy atom. The van der Waals surface area contributed by atoms with Crippen LogP contribution in [0, 0.1) is 0 Å². The summed E-state index contributed by atoms with van der Waals surface area (Å²) in [6.07, 6.45) is 4.62. The van der Waals surface area contributed by atoms with Gasteiger partial charge in [-0.1, -0.05) is 29.3 Å². The molecule has 0 N–H and O–H groups in total. The van der Waals surface area contributed by atoms with Crippen LogP contribution in [0.2, 0.25) is 10.0 Å². The number of aryl methyl sites for hydroxylation is 1. The number of rotatable bonds is 4. The number of carbonyl (C=O) groups is 2. The molecule has 1 saturated heterocycles. The van der Waals surface area contributed by atoms with Crippen LogP contribution >= 0.6 is 23.2 Å². The first kappa shape index (κ1) is 18.7. The van der Waals surface area contributed by atoms with Gasteiger partial charge in [0.1, 0.15) is 0 Å². The van der Waals surface area contributed by atoms with Gasteiger partial charge in [-0.15, -0.1) is 0 Å². The van der Waals surface area contributed by atoms with E-state index in [1.54, 1.807) is 35.5 Å². The van der Waals surface area contributed by atoms with E-state index in [9.17, 15) is 9.59 Å². The van der Waals surface area contributed by atoms with Crippen LogP contribution < -0.4 is 0 Å². The molecule has 136 valence electrons. The van der Waals surface area contributed by atoms with Gasteiger partial charge < -0.3 is 9.80 Å². The molecule has 7 heteroatoms. The van der Waals surface area contributed by atoms with Crippen molar-refractivity contribution in [3.63, 3.8) is 0 Å². The lowest BCUT2D eigenvalue weighted by Gasteiger charge is -2.35. The van der Waals surface area contributed by atoms with Gasteiger partial charge in [0.05, 0.1) is 0 Å². The zero-order valence-corrected chi connectivity index (χ0v) is 15.7. The Bertz CT molecular complexity index is 770. The molecule has 5 nitrogen and oxygen atoms in total. The van der Waals surface area contributed by atoms with E-state index in [4.69, 9.17) is 23.2 Å². The van der Waals surface area contributed by atoms with Gasteiger partial charge in [-0.3, -0.25) is 14.6 Å². The Morgan fingerprint density at radius 2 is 1.65 bits per heavy atom. The van der Waals surface area contributed by atoms with Crippen molar-refractivity contribution >= 4 is 35.0 Å². The van der Waals surface area contributed by atoms with Crippen LogP contribution in [0.5, 0.6) is 0 Å². The number of benzene rings is 1. The molecule has 0 unspecified atom stereocenters. The Kier molecular flexibility index (Phi) is 6.12. The van der Waals surface area contributed by atoms with E-state index in [2.05, 4.69) is 4.98 Å². The lowest BCUT2D eigenvalue weighted by molar-refractivity contribution is -0.132. The minimum Gasteiger partial charge on any atom is -0.339 e. The number of piperazine rings is 1. The molecule has 1 aliphatic rings. The second-order valence-corrected chi connectivity index (χ2v) is 7.07. The maximum Gasteiger partial charge on any atom is 0.254 e. The van der Waals surface area contributed by atoms with Crippen molar-refractivity contribution in [2.75, 3.05) is 26.2 Å². The van der Waals surface area contributed by atoms with Gasteiger partial charge in [0, 0.05) is 60.6 Å². The molecule has 0 spiro atoms. The van der Waals surface area contributed by atoms with Crippen LogP contribution in [-0.4, -0.2) is 52.8 Å². The zero-order chi connectivity index (χ0) is 18.5. The summed E-state index contributed by atoms with van der Waals surface area (Å²) in [5.41, 5.74) is 1.52. The number of nitrogens with zero attached hydrogens (tertiary/aromatic N) is 3. The van der Waals surface area contributed by atoms with Crippen molar-refractivity contribution in [1.82, 2.24) is 14.8 Å². The molecule has 1 aliphatic heterocycles. The van der Waals surface area contributed by atoms with Crippen LogP contribution in [0.3, 0.4) is 0 Å². The number of hydrogen-bond acceptors (Lipinski definition) is 3. The molecule has 3 rings (SSSR count). The molecule has 0 atom stereocenters. The van der Waals surface area contributed by atoms with E-state index >= 15 is 0 Å². The van der Waals surface area contributed by atoms with Gasteiger partial charge >= 0.3 is 0 Å². The van der Waals surface area contributed by atoms with E-state index in [-0.39, 0.29) is 11.8 Å². The molecule has 0 bridgehead atoms.